The molecule has 1 aliphatic heterocycles. The van der Waals surface area contributed by atoms with Crippen LogP contribution in [0.3, 0.4) is 0 Å². The predicted molar refractivity (Wildman–Crippen MR) is 128 cm³/mol. The van der Waals surface area contributed by atoms with E-state index in [1.807, 2.05) is 35.0 Å². The number of benzene rings is 2. The summed E-state index contributed by atoms with van der Waals surface area (Å²) in [5, 5.41) is 11.6. The van der Waals surface area contributed by atoms with Crippen LogP contribution in [0.15, 0.2) is 72.8 Å². The van der Waals surface area contributed by atoms with Crippen LogP contribution in [0, 0.1) is 0 Å². The molecule has 0 saturated carbocycles. The van der Waals surface area contributed by atoms with Gasteiger partial charge in [0.15, 0.2) is 0 Å². The first-order valence-corrected chi connectivity index (χ1v) is 11.3. The highest BCUT2D eigenvalue weighted by atomic mass is 35.5. The number of carbonyl (C=O) groups excluding carboxylic acids is 2. The number of amides is 1. The number of aryl methyl sites for hydroxylation is 1. The molecule has 170 valence electrons. The van der Waals surface area contributed by atoms with E-state index in [-0.39, 0.29) is 11.3 Å². The average Bonchev–Trinajstić information content (AvgIpc) is 3.41. The smallest absolute Gasteiger partial charge is 0.295 e. The number of likely N-dealkylation sites (tertiary alicyclic amines) is 1. The van der Waals surface area contributed by atoms with E-state index >= 15 is 0 Å². The Kier molecular flexibility index (Phi) is 6.65. The number of hydrogen-bond donors (Lipinski definition) is 1. The van der Waals surface area contributed by atoms with Crippen molar-refractivity contribution in [2.75, 3.05) is 6.54 Å². The molecule has 1 saturated heterocycles. The third-order valence-corrected chi connectivity index (χ3v) is 6.20. The molecule has 2 aromatic carbocycles. The minimum Gasteiger partial charge on any atom is -0.507 e. The highest BCUT2D eigenvalue weighted by Crippen LogP contribution is 2.40. The molecule has 1 N–H and O–H groups in total. The Balaban J connectivity index is 1.73. The number of Topliss-reactive ketones (excluding diaryl/α,β-unsaturated/α-hetero) is 1. The third kappa shape index (κ3) is 4.71. The molecule has 0 aliphatic carbocycles. The summed E-state index contributed by atoms with van der Waals surface area (Å²) in [5.41, 5.74) is 2.49. The Morgan fingerprint density at radius 1 is 1.06 bits per heavy atom. The maximum absolute atomic E-state index is 13.1. The number of aromatic nitrogens is 2. The van der Waals surface area contributed by atoms with Gasteiger partial charge < -0.3 is 14.6 Å². The lowest BCUT2D eigenvalue weighted by atomic mass is 9.93. The Morgan fingerprint density at radius 3 is 2.36 bits per heavy atom. The van der Waals surface area contributed by atoms with Crippen molar-refractivity contribution in [2.45, 2.75) is 38.8 Å². The van der Waals surface area contributed by atoms with Gasteiger partial charge in [-0.15, -0.1) is 0 Å². The lowest BCUT2D eigenvalue weighted by Gasteiger charge is -2.25. The molecule has 7 heteroatoms. The molecule has 0 bridgehead atoms. The molecule has 2 heterocycles. The third-order valence-electron chi connectivity index (χ3n) is 5.95. The van der Waals surface area contributed by atoms with Gasteiger partial charge in [-0.25, -0.2) is 4.98 Å². The average molecular weight is 464 g/mol. The van der Waals surface area contributed by atoms with Gasteiger partial charge in [-0.05, 0) is 47.7 Å². The van der Waals surface area contributed by atoms with Gasteiger partial charge in [-0.2, -0.15) is 0 Å². The molecule has 0 radical (unpaired) electrons. The molecule has 1 amide bonds. The molecule has 0 unspecified atom stereocenters. The molecule has 1 atom stereocenters. The normalized spacial score (nSPS) is 17.8. The second-order valence-electron chi connectivity index (χ2n) is 8.47. The number of nitrogens with zero attached hydrogens (tertiary/aromatic N) is 3. The first-order valence-electron chi connectivity index (χ1n) is 11.0. The van der Waals surface area contributed by atoms with Crippen LogP contribution >= 0.6 is 11.6 Å². The molecule has 3 aromatic rings. The quantitative estimate of drug-likeness (QED) is 0.298. The molecule has 33 heavy (non-hydrogen) atoms. The van der Waals surface area contributed by atoms with E-state index in [4.69, 9.17) is 11.6 Å². The van der Waals surface area contributed by atoms with Crippen LogP contribution in [0.2, 0.25) is 5.02 Å². The van der Waals surface area contributed by atoms with E-state index in [0.717, 1.165) is 11.1 Å². The van der Waals surface area contributed by atoms with Crippen molar-refractivity contribution in [3.63, 3.8) is 0 Å². The number of ketones is 1. The number of halogens is 1. The van der Waals surface area contributed by atoms with Crippen LogP contribution in [-0.4, -0.2) is 37.8 Å². The SMILES string of the molecule is CC(C)c1ccc([C@H]2C(=C(O)c3ccc(Cl)cc3)C(=O)C(=O)N2CCCn2ccnc2)cc1. The zero-order valence-electron chi connectivity index (χ0n) is 18.6. The number of hydrogen-bond acceptors (Lipinski definition) is 4. The maximum atomic E-state index is 13.1. The fourth-order valence-corrected chi connectivity index (χ4v) is 4.25. The fraction of sp³-hybridized carbons (Fsp3) is 0.269. The molecule has 4 rings (SSSR count). The predicted octanol–water partition coefficient (Wildman–Crippen LogP) is 5.17. The second kappa shape index (κ2) is 9.63. The van der Waals surface area contributed by atoms with E-state index in [1.165, 1.54) is 0 Å². The number of carbonyl (C=O) groups is 2. The molecule has 0 spiro atoms. The van der Waals surface area contributed by atoms with Crippen molar-refractivity contribution in [3.8, 4) is 0 Å². The van der Waals surface area contributed by atoms with Crippen molar-refractivity contribution in [3.05, 3.63) is 94.5 Å². The summed E-state index contributed by atoms with van der Waals surface area (Å²) in [5.74, 6) is -1.12. The van der Waals surface area contributed by atoms with Crippen LogP contribution in [-0.2, 0) is 16.1 Å². The standard InChI is InChI=1S/C26H26ClN3O3/c1-17(2)18-4-6-19(7-5-18)23-22(24(31)20-8-10-21(27)11-9-20)25(32)26(33)30(23)14-3-13-29-15-12-28-16-29/h4-12,15-17,23,31H,3,13-14H2,1-2H3/t23-/m0/s1. The molecular weight excluding hydrogens is 438 g/mol. The summed E-state index contributed by atoms with van der Waals surface area (Å²) in [6, 6.07) is 13.8. The zero-order chi connectivity index (χ0) is 23.5. The highest BCUT2D eigenvalue weighted by molar-refractivity contribution is 6.46. The minimum absolute atomic E-state index is 0.0993. The van der Waals surface area contributed by atoms with Gasteiger partial charge in [0, 0.05) is 36.1 Å². The lowest BCUT2D eigenvalue weighted by molar-refractivity contribution is -0.139. The molecule has 1 aromatic heterocycles. The first kappa shape index (κ1) is 22.8. The van der Waals surface area contributed by atoms with Crippen LogP contribution < -0.4 is 0 Å². The van der Waals surface area contributed by atoms with E-state index in [9.17, 15) is 14.7 Å². The van der Waals surface area contributed by atoms with Crippen LogP contribution in [0.1, 0.15) is 48.9 Å². The van der Waals surface area contributed by atoms with E-state index in [0.29, 0.717) is 36.0 Å². The second-order valence-corrected chi connectivity index (χ2v) is 8.91. The minimum atomic E-state index is -0.678. The highest BCUT2D eigenvalue weighted by Gasteiger charge is 2.45. The van der Waals surface area contributed by atoms with Gasteiger partial charge in [-0.3, -0.25) is 9.59 Å². The van der Waals surface area contributed by atoms with Gasteiger partial charge >= 0.3 is 0 Å². The fourth-order valence-electron chi connectivity index (χ4n) is 4.13. The lowest BCUT2D eigenvalue weighted by Crippen LogP contribution is -2.31. The van der Waals surface area contributed by atoms with Gasteiger partial charge in [-0.1, -0.05) is 49.7 Å². The molecule has 6 nitrogen and oxygen atoms in total. The first-order chi connectivity index (χ1) is 15.9. The number of rotatable bonds is 7. The Morgan fingerprint density at radius 2 is 1.76 bits per heavy atom. The van der Waals surface area contributed by atoms with Gasteiger partial charge in [0.25, 0.3) is 11.7 Å². The summed E-state index contributed by atoms with van der Waals surface area (Å²) >= 11 is 5.98. The summed E-state index contributed by atoms with van der Waals surface area (Å²) in [4.78, 5) is 31.7. The van der Waals surface area contributed by atoms with Crippen molar-refractivity contribution >= 4 is 29.1 Å². The number of aliphatic hydroxyl groups excluding tert-OH is 1. The van der Waals surface area contributed by atoms with E-state index in [1.54, 1.807) is 41.7 Å². The number of imidazole rings is 1. The van der Waals surface area contributed by atoms with Crippen LogP contribution in [0.4, 0.5) is 0 Å². The molecule has 1 aliphatic rings. The Hall–Kier alpha value is -3.38. The van der Waals surface area contributed by atoms with Crippen molar-refractivity contribution in [2.24, 2.45) is 0 Å². The monoisotopic (exact) mass is 463 g/mol. The largest absolute Gasteiger partial charge is 0.507 e. The van der Waals surface area contributed by atoms with Crippen molar-refractivity contribution < 1.29 is 14.7 Å². The van der Waals surface area contributed by atoms with E-state index < -0.39 is 17.7 Å². The van der Waals surface area contributed by atoms with Gasteiger partial charge in [0.2, 0.25) is 0 Å². The zero-order valence-corrected chi connectivity index (χ0v) is 19.4. The molecular formula is C26H26ClN3O3. The summed E-state index contributed by atoms with van der Waals surface area (Å²) in [7, 11) is 0. The Bertz CT molecular complexity index is 1170. The van der Waals surface area contributed by atoms with Crippen LogP contribution in [0.25, 0.3) is 5.76 Å². The molecule has 1 fully saturated rings. The van der Waals surface area contributed by atoms with Gasteiger partial charge in [0.1, 0.15) is 5.76 Å². The summed E-state index contributed by atoms with van der Waals surface area (Å²) < 4.78 is 1.93. The number of aliphatic hydroxyl groups is 1. The summed E-state index contributed by atoms with van der Waals surface area (Å²) in [6.45, 7) is 5.26. The van der Waals surface area contributed by atoms with Gasteiger partial charge in [0.05, 0.1) is 17.9 Å². The topological polar surface area (TPSA) is 75.4 Å². The van der Waals surface area contributed by atoms with Crippen molar-refractivity contribution in [1.82, 2.24) is 14.5 Å². The maximum Gasteiger partial charge on any atom is 0.295 e. The Labute approximate surface area is 198 Å². The summed E-state index contributed by atoms with van der Waals surface area (Å²) in [6.07, 6.45) is 5.92. The van der Waals surface area contributed by atoms with Crippen LogP contribution in [0.5, 0.6) is 0 Å². The van der Waals surface area contributed by atoms with E-state index in [2.05, 4.69) is 18.8 Å². The van der Waals surface area contributed by atoms with Crippen molar-refractivity contribution in [1.29, 1.82) is 0 Å².